The first-order chi connectivity index (χ1) is 7.70. The summed E-state index contributed by atoms with van der Waals surface area (Å²) in [5, 5.41) is 0. The molecule has 16 heavy (non-hydrogen) atoms. The van der Waals surface area contributed by atoms with Crippen molar-refractivity contribution in [3.63, 3.8) is 0 Å². The Kier molecular flexibility index (Phi) is 11.3. The molecule has 0 radical (unpaired) electrons. The number of hydrogen-bond donors (Lipinski definition) is 2. The van der Waals surface area contributed by atoms with E-state index in [0.29, 0.717) is 6.04 Å². The minimum Gasteiger partial charge on any atom is -0.309 e. The topological polar surface area (TPSA) is 41.3 Å². The van der Waals surface area contributed by atoms with E-state index < -0.39 is 0 Å². The Bertz CT molecular complexity index is 137. The summed E-state index contributed by atoms with van der Waals surface area (Å²) in [4.78, 5) is 2.21. The molecule has 0 aromatic carbocycles. The van der Waals surface area contributed by atoms with Gasteiger partial charge in [0.2, 0.25) is 0 Å². The Morgan fingerprint density at radius 2 is 1.62 bits per heavy atom. The van der Waals surface area contributed by atoms with Crippen LogP contribution < -0.4 is 11.3 Å². The summed E-state index contributed by atoms with van der Waals surface area (Å²) in [6, 6.07) is 0.494. The smallest absolute Gasteiger partial charge is 0.0222 e. The summed E-state index contributed by atoms with van der Waals surface area (Å²) in [5.74, 6) is 5.55. The summed E-state index contributed by atoms with van der Waals surface area (Å²) in [5.41, 5.74) is 2.93. The van der Waals surface area contributed by atoms with E-state index in [1.165, 1.54) is 44.9 Å². The average Bonchev–Trinajstić information content (AvgIpc) is 2.27. The number of hydrogen-bond acceptors (Lipinski definition) is 3. The molecule has 0 bridgehead atoms. The highest BCUT2D eigenvalue weighted by Crippen LogP contribution is 2.09. The van der Waals surface area contributed by atoms with Gasteiger partial charge in [-0.3, -0.25) is 11.3 Å². The third kappa shape index (κ3) is 10.4. The standard InChI is InChI=1S/C13H31N3/c1-4-5-6-7-8-9-10-13(15-14)11-12-16(2)3/h13,15H,4-12,14H2,1-3H3. The fourth-order valence-corrected chi connectivity index (χ4v) is 1.90. The van der Waals surface area contributed by atoms with Crippen molar-refractivity contribution >= 4 is 0 Å². The van der Waals surface area contributed by atoms with Gasteiger partial charge in [-0.25, -0.2) is 0 Å². The van der Waals surface area contributed by atoms with Gasteiger partial charge in [0.25, 0.3) is 0 Å². The predicted molar refractivity (Wildman–Crippen MR) is 72.3 cm³/mol. The van der Waals surface area contributed by atoms with Gasteiger partial charge in [0.05, 0.1) is 0 Å². The fraction of sp³-hybridized carbons (Fsp3) is 1.00. The first-order valence-electron chi connectivity index (χ1n) is 6.81. The molecule has 0 saturated heterocycles. The quantitative estimate of drug-likeness (QED) is 0.325. The van der Waals surface area contributed by atoms with Crippen molar-refractivity contribution < 1.29 is 0 Å². The van der Waals surface area contributed by atoms with Crippen LogP contribution in [0.3, 0.4) is 0 Å². The number of nitrogens with zero attached hydrogens (tertiary/aromatic N) is 1. The molecule has 0 aliphatic heterocycles. The van der Waals surface area contributed by atoms with E-state index in [1.807, 2.05) is 0 Å². The van der Waals surface area contributed by atoms with Gasteiger partial charge < -0.3 is 4.90 Å². The molecular formula is C13H31N3. The third-order valence-electron chi connectivity index (χ3n) is 3.07. The maximum atomic E-state index is 5.55. The molecule has 0 spiro atoms. The fourth-order valence-electron chi connectivity index (χ4n) is 1.90. The van der Waals surface area contributed by atoms with E-state index in [0.717, 1.165) is 13.0 Å². The second-order valence-electron chi connectivity index (χ2n) is 5.01. The van der Waals surface area contributed by atoms with Crippen LogP contribution in [0.15, 0.2) is 0 Å². The van der Waals surface area contributed by atoms with E-state index in [-0.39, 0.29) is 0 Å². The largest absolute Gasteiger partial charge is 0.309 e. The first kappa shape index (κ1) is 15.9. The molecule has 0 saturated carbocycles. The van der Waals surface area contributed by atoms with Gasteiger partial charge >= 0.3 is 0 Å². The molecule has 0 heterocycles. The van der Waals surface area contributed by atoms with Gasteiger partial charge in [-0.05, 0) is 33.5 Å². The van der Waals surface area contributed by atoms with Gasteiger partial charge in [0.1, 0.15) is 0 Å². The van der Waals surface area contributed by atoms with Crippen LogP contribution in [0.4, 0.5) is 0 Å². The number of unbranched alkanes of at least 4 members (excludes halogenated alkanes) is 5. The average molecular weight is 229 g/mol. The third-order valence-corrected chi connectivity index (χ3v) is 3.07. The minimum atomic E-state index is 0.494. The number of nitrogens with one attached hydrogen (secondary N) is 1. The second kappa shape index (κ2) is 11.4. The van der Waals surface area contributed by atoms with Gasteiger partial charge in [0.15, 0.2) is 0 Å². The maximum absolute atomic E-state index is 5.55. The molecule has 1 unspecified atom stereocenters. The summed E-state index contributed by atoms with van der Waals surface area (Å²) < 4.78 is 0. The Morgan fingerprint density at radius 3 is 2.19 bits per heavy atom. The zero-order valence-electron chi connectivity index (χ0n) is 11.5. The molecule has 0 rings (SSSR count). The van der Waals surface area contributed by atoms with E-state index >= 15 is 0 Å². The van der Waals surface area contributed by atoms with Crippen LogP contribution in [-0.2, 0) is 0 Å². The molecule has 3 nitrogen and oxygen atoms in total. The van der Waals surface area contributed by atoms with Crippen molar-refractivity contribution in [1.82, 2.24) is 10.3 Å². The molecular weight excluding hydrogens is 198 g/mol. The van der Waals surface area contributed by atoms with Gasteiger partial charge in [0, 0.05) is 6.04 Å². The summed E-state index contributed by atoms with van der Waals surface area (Å²) in [6.07, 6.45) is 10.5. The van der Waals surface area contributed by atoms with E-state index in [2.05, 4.69) is 31.3 Å². The van der Waals surface area contributed by atoms with Crippen molar-refractivity contribution in [2.45, 2.75) is 64.3 Å². The van der Waals surface area contributed by atoms with Crippen molar-refractivity contribution in [3.05, 3.63) is 0 Å². The lowest BCUT2D eigenvalue weighted by atomic mass is 10.0. The number of nitrogens with two attached hydrogens (primary N) is 1. The molecule has 0 fully saturated rings. The van der Waals surface area contributed by atoms with E-state index in [1.54, 1.807) is 0 Å². The van der Waals surface area contributed by atoms with Gasteiger partial charge in [-0.1, -0.05) is 45.4 Å². The Morgan fingerprint density at radius 1 is 1.00 bits per heavy atom. The van der Waals surface area contributed by atoms with Crippen molar-refractivity contribution in [3.8, 4) is 0 Å². The highest BCUT2D eigenvalue weighted by atomic mass is 15.2. The predicted octanol–water partition coefficient (Wildman–Crippen LogP) is 2.52. The molecule has 0 aliphatic carbocycles. The molecule has 0 aromatic rings. The summed E-state index contributed by atoms with van der Waals surface area (Å²) >= 11 is 0. The summed E-state index contributed by atoms with van der Waals surface area (Å²) in [7, 11) is 4.22. The second-order valence-corrected chi connectivity index (χ2v) is 5.01. The summed E-state index contributed by atoms with van der Waals surface area (Å²) in [6.45, 7) is 3.38. The van der Waals surface area contributed by atoms with Crippen LogP contribution in [0, 0.1) is 0 Å². The molecule has 3 N–H and O–H groups in total. The molecule has 0 aliphatic rings. The number of hydrazine groups is 1. The maximum Gasteiger partial charge on any atom is 0.0222 e. The minimum absolute atomic E-state index is 0.494. The Labute approximate surface area is 102 Å². The molecule has 0 amide bonds. The Hall–Kier alpha value is -0.120. The zero-order chi connectivity index (χ0) is 12.2. The first-order valence-corrected chi connectivity index (χ1v) is 6.81. The van der Waals surface area contributed by atoms with Crippen LogP contribution in [0.1, 0.15) is 58.3 Å². The van der Waals surface area contributed by atoms with Crippen molar-refractivity contribution in [2.24, 2.45) is 5.84 Å². The number of rotatable bonds is 11. The van der Waals surface area contributed by atoms with Crippen molar-refractivity contribution in [2.75, 3.05) is 20.6 Å². The lowest BCUT2D eigenvalue weighted by Crippen LogP contribution is -2.37. The normalized spacial score (nSPS) is 13.3. The highest BCUT2D eigenvalue weighted by Gasteiger charge is 2.06. The van der Waals surface area contributed by atoms with Crippen LogP contribution in [0.5, 0.6) is 0 Å². The molecule has 0 aromatic heterocycles. The Balaban J connectivity index is 3.33. The van der Waals surface area contributed by atoms with E-state index in [4.69, 9.17) is 5.84 Å². The zero-order valence-corrected chi connectivity index (χ0v) is 11.5. The molecule has 1 atom stereocenters. The molecule has 98 valence electrons. The van der Waals surface area contributed by atoms with Crippen LogP contribution >= 0.6 is 0 Å². The lowest BCUT2D eigenvalue weighted by Gasteiger charge is -2.18. The van der Waals surface area contributed by atoms with Crippen LogP contribution in [0.25, 0.3) is 0 Å². The van der Waals surface area contributed by atoms with E-state index in [9.17, 15) is 0 Å². The SMILES string of the molecule is CCCCCCCCC(CCN(C)C)NN. The monoisotopic (exact) mass is 229 g/mol. The lowest BCUT2D eigenvalue weighted by molar-refractivity contribution is 0.345. The van der Waals surface area contributed by atoms with Gasteiger partial charge in [-0.15, -0.1) is 0 Å². The van der Waals surface area contributed by atoms with Crippen molar-refractivity contribution in [1.29, 1.82) is 0 Å². The molecule has 3 heteroatoms. The highest BCUT2D eigenvalue weighted by molar-refractivity contribution is 4.65. The van der Waals surface area contributed by atoms with Crippen LogP contribution in [-0.4, -0.2) is 31.6 Å². The van der Waals surface area contributed by atoms with Gasteiger partial charge in [-0.2, -0.15) is 0 Å². The van der Waals surface area contributed by atoms with Crippen LogP contribution in [0.2, 0.25) is 0 Å².